The van der Waals surface area contributed by atoms with Gasteiger partial charge in [0.2, 0.25) is 0 Å². The summed E-state index contributed by atoms with van der Waals surface area (Å²) in [5.74, 6) is 0. The lowest BCUT2D eigenvalue weighted by atomic mass is 10.2. The third-order valence-corrected chi connectivity index (χ3v) is 2.07. The van der Waals surface area contributed by atoms with Gasteiger partial charge in [-0.05, 0) is 31.2 Å². The van der Waals surface area contributed by atoms with Crippen molar-refractivity contribution in [3.8, 4) is 0 Å². The van der Waals surface area contributed by atoms with Crippen molar-refractivity contribution in [2.75, 3.05) is 0 Å². The minimum Gasteiger partial charge on any atom is -0.255 e. The Morgan fingerprint density at radius 3 is 2.53 bits per heavy atom. The van der Waals surface area contributed by atoms with Crippen molar-refractivity contribution in [3.05, 3.63) is 59.9 Å². The van der Waals surface area contributed by atoms with Crippen molar-refractivity contribution >= 4 is 11.9 Å². The number of pyridine rings is 1. The number of rotatable bonds is 2. The summed E-state index contributed by atoms with van der Waals surface area (Å²) in [4.78, 5) is 8.49. The number of aryl methyl sites for hydroxylation is 1. The van der Waals surface area contributed by atoms with Gasteiger partial charge in [-0.25, -0.2) is 0 Å². The molecular formula is C13H12N2. The van der Waals surface area contributed by atoms with E-state index in [0.29, 0.717) is 0 Å². The molecule has 0 aliphatic heterocycles. The minimum atomic E-state index is 0.873. The van der Waals surface area contributed by atoms with Gasteiger partial charge in [-0.3, -0.25) is 9.98 Å². The number of nitrogens with zero attached hydrogens (tertiary/aromatic N) is 2. The fraction of sp³-hybridized carbons (Fsp3) is 0.0769. The normalized spacial score (nSPS) is 10.7. The van der Waals surface area contributed by atoms with Crippen LogP contribution in [-0.4, -0.2) is 11.2 Å². The molecule has 2 aromatic rings. The third-order valence-electron chi connectivity index (χ3n) is 2.07. The van der Waals surface area contributed by atoms with Crippen LogP contribution in [-0.2, 0) is 0 Å². The van der Waals surface area contributed by atoms with Crippen LogP contribution in [0.25, 0.3) is 0 Å². The molecule has 0 atom stereocenters. The molecule has 0 saturated heterocycles. The zero-order chi connectivity index (χ0) is 10.5. The number of hydrogen-bond donors (Lipinski definition) is 0. The van der Waals surface area contributed by atoms with E-state index >= 15 is 0 Å². The Bertz CT molecular complexity index is 444. The Morgan fingerprint density at radius 2 is 1.87 bits per heavy atom. The zero-order valence-electron chi connectivity index (χ0n) is 8.59. The van der Waals surface area contributed by atoms with Crippen LogP contribution >= 0.6 is 0 Å². The van der Waals surface area contributed by atoms with Gasteiger partial charge in [0.05, 0.1) is 17.6 Å². The van der Waals surface area contributed by atoms with E-state index in [1.807, 2.05) is 42.5 Å². The van der Waals surface area contributed by atoms with Crippen molar-refractivity contribution in [2.24, 2.45) is 4.99 Å². The molecule has 0 fully saturated rings. The van der Waals surface area contributed by atoms with Crippen LogP contribution in [0.1, 0.15) is 11.3 Å². The summed E-state index contributed by atoms with van der Waals surface area (Å²) in [6, 6.07) is 13.9. The van der Waals surface area contributed by atoms with Crippen LogP contribution in [0.5, 0.6) is 0 Å². The first-order valence-corrected chi connectivity index (χ1v) is 4.86. The Labute approximate surface area is 89.3 Å². The molecule has 2 nitrogen and oxygen atoms in total. The van der Waals surface area contributed by atoms with Crippen LogP contribution < -0.4 is 0 Å². The molecule has 2 heteroatoms. The van der Waals surface area contributed by atoms with Crippen molar-refractivity contribution in [1.29, 1.82) is 0 Å². The van der Waals surface area contributed by atoms with E-state index in [1.54, 1.807) is 12.4 Å². The molecule has 0 saturated carbocycles. The van der Waals surface area contributed by atoms with E-state index in [-0.39, 0.29) is 0 Å². The first-order chi connectivity index (χ1) is 7.34. The van der Waals surface area contributed by atoms with Crippen LogP contribution in [0.3, 0.4) is 0 Å². The lowest BCUT2D eigenvalue weighted by molar-refractivity contribution is 1.30. The highest BCUT2D eigenvalue weighted by molar-refractivity contribution is 5.79. The fourth-order valence-corrected chi connectivity index (χ4v) is 1.22. The highest BCUT2D eigenvalue weighted by Gasteiger charge is 1.88. The first-order valence-electron chi connectivity index (χ1n) is 4.86. The molecule has 15 heavy (non-hydrogen) atoms. The maximum atomic E-state index is 4.33. The van der Waals surface area contributed by atoms with E-state index < -0.39 is 0 Å². The van der Waals surface area contributed by atoms with Gasteiger partial charge in [-0.2, -0.15) is 0 Å². The molecule has 0 N–H and O–H groups in total. The lowest BCUT2D eigenvalue weighted by Crippen LogP contribution is -1.83. The predicted molar refractivity (Wildman–Crippen MR) is 62.7 cm³/mol. The Morgan fingerprint density at radius 1 is 1.07 bits per heavy atom. The van der Waals surface area contributed by atoms with Crippen LogP contribution in [0, 0.1) is 6.92 Å². The lowest BCUT2D eigenvalue weighted by Gasteiger charge is -1.94. The Kier molecular flexibility index (Phi) is 2.88. The smallest absolute Gasteiger partial charge is 0.0812 e. The second-order valence-electron chi connectivity index (χ2n) is 3.35. The number of aromatic nitrogens is 1. The van der Waals surface area contributed by atoms with Crippen molar-refractivity contribution in [1.82, 2.24) is 4.98 Å². The maximum absolute atomic E-state index is 4.33. The molecule has 0 unspecified atom stereocenters. The minimum absolute atomic E-state index is 0.873. The standard InChI is InChI=1S/C13H12N2/c1-11-5-7-12(8-6-11)15-10-13-4-2-3-9-14-13/h2-10H,1H3. The monoisotopic (exact) mass is 196 g/mol. The van der Waals surface area contributed by atoms with Gasteiger partial charge in [-0.1, -0.05) is 23.8 Å². The first kappa shape index (κ1) is 9.59. The maximum Gasteiger partial charge on any atom is 0.0812 e. The van der Waals surface area contributed by atoms with Gasteiger partial charge >= 0.3 is 0 Å². The van der Waals surface area contributed by atoms with Gasteiger partial charge in [0, 0.05) is 6.20 Å². The molecule has 1 aromatic heterocycles. The topological polar surface area (TPSA) is 25.2 Å². The number of benzene rings is 1. The van der Waals surface area contributed by atoms with Gasteiger partial charge in [-0.15, -0.1) is 0 Å². The molecule has 0 amide bonds. The summed E-state index contributed by atoms with van der Waals surface area (Å²) < 4.78 is 0. The highest BCUT2D eigenvalue weighted by Crippen LogP contribution is 2.11. The molecule has 1 aromatic carbocycles. The SMILES string of the molecule is Cc1ccc(N=Cc2ccccn2)cc1. The Hall–Kier alpha value is -1.96. The van der Waals surface area contributed by atoms with Crippen LogP contribution in [0.15, 0.2) is 53.7 Å². The predicted octanol–water partition coefficient (Wildman–Crippen LogP) is 3.14. The van der Waals surface area contributed by atoms with Crippen LogP contribution in [0.4, 0.5) is 5.69 Å². The molecular weight excluding hydrogens is 184 g/mol. The highest BCUT2D eigenvalue weighted by atomic mass is 14.8. The fourth-order valence-electron chi connectivity index (χ4n) is 1.22. The van der Waals surface area contributed by atoms with E-state index in [0.717, 1.165) is 11.4 Å². The van der Waals surface area contributed by atoms with Gasteiger partial charge < -0.3 is 0 Å². The average Bonchev–Trinajstić information content (AvgIpc) is 2.30. The summed E-state index contributed by atoms with van der Waals surface area (Å²) >= 11 is 0. The summed E-state index contributed by atoms with van der Waals surface area (Å²) in [5.41, 5.74) is 3.07. The van der Waals surface area contributed by atoms with Crippen molar-refractivity contribution in [3.63, 3.8) is 0 Å². The molecule has 74 valence electrons. The van der Waals surface area contributed by atoms with E-state index in [9.17, 15) is 0 Å². The molecule has 2 rings (SSSR count). The largest absolute Gasteiger partial charge is 0.255 e. The summed E-state index contributed by atoms with van der Waals surface area (Å²) in [7, 11) is 0. The van der Waals surface area contributed by atoms with Gasteiger partial charge in [0.25, 0.3) is 0 Å². The number of aliphatic imine (C=N–C) groups is 1. The van der Waals surface area contributed by atoms with Crippen LogP contribution in [0.2, 0.25) is 0 Å². The number of hydrogen-bond acceptors (Lipinski definition) is 2. The molecule has 0 aliphatic carbocycles. The van der Waals surface area contributed by atoms with E-state index in [1.165, 1.54) is 5.56 Å². The second kappa shape index (κ2) is 4.51. The average molecular weight is 196 g/mol. The van der Waals surface area contributed by atoms with Gasteiger partial charge in [0.15, 0.2) is 0 Å². The van der Waals surface area contributed by atoms with Crippen molar-refractivity contribution < 1.29 is 0 Å². The molecule has 0 spiro atoms. The second-order valence-corrected chi connectivity index (χ2v) is 3.35. The van der Waals surface area contributed by atoms with E-state index in [2.05, 4.69) is 16.9 Å². The molecule has 0 bridgehead atoms. The molecule has 1 heterocycles. The van der Waals surface area contributed by atoms with Crippen molar-refractivity contribution in [2.45, 2.75) is 6.92 Å². The summed E-state index contributed by atoms with van der Waals surface area (Å²) in [5, 5.41) is 0. The third kappa shape index (κ3) is 2.74. The van der Waals surface area contributed by atoms with E-state index in [4.69, 9.17) is 0 Å². The molecule has 0 aliphatic rings. The quantitative estimate of drug-likeness (QED) is 0.677. The summed E-state index contributed by atoms with van der Waals surface area (Å²) in [6.07, 6.45) is 3.53. The summed E-state index contributed by atoms with van der Waals surface area (Å²) in [6.45, 7) is 2.06. The molecule has 0 radical (unpaired) electrons. The zero-order valence-corrected chi connectivity index (χ0v) is 8.59. The van der Waals surface area contributed by atoms with Gasteiger partial charge in [0.1, 0.15) is 0 Å². The Balaban J connectivity index is 2.15.